The molecule has 1 spiro atoms. The van der Waals surface area contributed by atoms with Crippen molar-refractivity contribution in [2.24, 2.45) is 17.3 Å². The first kappa shape index (κ1) is 21.0. The van der Waals surface area contributed by atoms with Crippen molar-refractivity contribution < 1.29 is 14.3 Å². The van der Waals surface area contributed by atoms with Crippen LogP contribution in [0.4, 0.5) is 0 Å². The average Bonchev–Trinajstić information content (AvgIpc) is 3.58. The molecule has 5 rings (SSSR count). The average molecular weight is 433 g/mol. The Kier molecular flexibility index (Phi) is 5.44. The lowest BCUT2D eigenvalue weighted by atomic mass is 9.79. The summed E-state index contributed by atoms with van der Waals surface area (Å²) in [5.74, 6) is 1.24. The first-order valence-electron chi connectivity index (χ1n) is 11.8. The minimum absolute atomic E-state index is 0.140. The van der Waals surface area contributed by atoms with Crippen molar-refractivity contribution in [3.8, 4) is 16.9 Å². The molecular formula is C27H32N2O3. The minimum atomic E-state index is -0.205. The molecule has 2 aromatic carbocycles. The number of benzene rings is 2. The largest absolute Gasteiger partial charge is 0.497 e. The van der Waals surface area contributed by atoms with Gasteiger partial charge in [0.25, 0.3) is 0 Å². The van der Waals surface area contributed by atoms with E-state index in [4.69, 9.17) is 4.74 Å². The number of ether oxygens (including phenoxy) is 1. The molecule has 0 aromatic heterocycles. The summed E-state index contributed by atoms with van der Waals surface area (Å²) in [7, 11) is 3.53. The van der Waals surface area contributed by atoms with E-state index in [0.29, 0.717) is 31.5 Å². The summed E-state index contributed by atoms with van der Waals surface area (Å²) in [6.07, 6.45) is 5.37. The molecule has 2 saturated carbocycles. The molecule has 2 amide bonds. The van der Waals surface area contributed by atoms with E-state index in [1.165, 1.54) is 19.3 Å². The SMILES string of the molecule is COc1cccc(-c2cccc(C[C@H]3CN(C(=O)[C@H]4CC45CCC5)CCN(C)C3=O)c2)c1. The Morgan fingerprint density at radius 3 is 2.53 bits per heavy atom. The van der Waals surface area contributed by atoms with Gasteiger partial charge in [0.1, 0.15) is 5.75 Å². The van der Waals surface area contributed by atoms with Crippen molar-refractivity contribution in [1.82, 2.24) is 9.80 Å². The first-order chi connectivity index (χ1) is 15.5. The Bertz CT molecular complexity index is 1030. The molecule has 3 fully saturated rings. The van der Waals surface area contributed by atoms with Gasteiger partial charge in [-0.05, 0) is 59.9 Å². The summed E-state index contributed by atoms with van der Waals surface area (Å²) in [5.41, 5.74) is 3.63. The normalized spacial score (nSPS) is 24.1. The Morgan fingerprint density at radius 1 is 1.09 bits per heavy atom. The highest BCUT2D eigenvalue weighted by molar-refractivity contribution is 5.85. The van der Waals surface area contributed by atoms with E-state index in [9.17, 15) is 9.59 Å². The maximum atomic E-state index is 13.2. The van der Waals surface area contributed by atoms with Crippen molar-refractivity contribution in [1.29, 1.82) is 0 Å². The zero-order valence-electron chi connectivity index (χ0n) is 19.0. The fourth-order valence-corrected chi connectivity index (χ4v) is 5.55. The van der Waals surface area contributed by atoms with Gasteiger partial charge in [-0.3, -0.25) is 9.59 Å². The van der Waals surface area contributed by atoms with Crippen LogP contribution in [0.25, 0.3) is 11.1 Å². The second-order valence-electron chi connectivity index (χ2n) is 9.85. The van der Waals surface area contributed by atoms with Crippen molar-refractivity contribution >= 4 is 11.8 Å². The molecule has 2 aliphatic carbocycles. The topological polar surface area (TPSA) is 49.9 Å². The Morgan fingerprint density at radius 2 is 1.84 bits per heavy atom. The zero-order valence-corrected chi connectivity index (χ0v) is 19.0. The molecule has 32 heavy (non-hydrogen) atoms. The standard InChI is InChI=1S/C27H32N2O3/c1-28-12-13-29(26(31)24-17-27(24)10-5-11-27)18-22(25(28)30)15-19-6-3-7-20(14-19)21-8-4-9-23(16-21)32-2/h3-4,6-9,14,16,22,24H,5,10-13,15,17-18H2,1-2H3/t22-,24+/m0/s1. The quantitative estimate of drug-likeness (QED) is 0.717. The zero-order chi connectivity index (χ0) is 22.3. The fraction of sp³-hybridized carbons (Fsp3) is 0.481. The number of rotatable bonds is 5. The summed E-state index contributed by atoms with van der Waals surface area (Å²) in [5, 5.41) is 0. The number of amides is 2. The van der Waals surface area contributed by atoms with E-state index >= 15 is 0 Å². The highest BCUT2D eigenvalue weighted by Gasteiger charge is 2.61. The van der Waals surface area contributed by atoms with E-state index in [2.05, 4.69) is 24.3 Å². The van der Waals surface area contributed by atoms with Gasteiger partial charge in [0.2, 0.25) is 11.8 Å². The predicted molar refractivity (Wildman–Crippen MR) is 124 cm³/mol. The lowest BCUT2D eigenvalue weighted by molar-refractivity contribution is -0.135. The van der Waals surface area contributed by atoms with Crippen LogP contribution in [0.2, 0.25) is 0 Å². The summed E-state index contributed by atoms with van der Waals surface area (Å²) in [6, 6.07) is 16.4. The molecule has 5 heteroatoms. The lowest BCUT2D eigenvalue weighted by Gasteiger charge is -2.29. The molecule has 0 unspecified atom stereocenters. The molecule has 0 bridgehead atoms. The van der Waals surface area contributed by atoms with Crippen LogP contribution in [0.15, 0.2) is 48.5 Å². The van der Waals surface area contributed by atoms with Gasteiger partial charge in [-0.25, -0.2) is 0 Å². The van der Waals surface area contributed by atoms with Gasteiger partial charge in [-0.1, -0.05) is 42.8 Å². The van der Waals surface area contributed by atoms with Crippen molar-refractivity contribution in [3.05, 3.63) is 54.1 Å². The molecule has 0 radical (unpaired) electrons. The van der Waals surface area contributed by atoms with Crippen LogP contribution < -0.4 is 4.74 Å². The summed E-state index contributed by atoms with van der Waals surface area (Å²) < 4.78 is 5.37. The van der Waals surface area contributed by atoms with Gasteiger partial charge in [0, 0.05) is 32.6 Å². The molecular weight excluding hydrogens is 400 g/mol. The Balaban J connectivity index is 1.33. The van der Waals surface area contributed by atoms with Crippen LogP contribution in [0, 0.1) is 17.3 Å². The van der Waals surface area contributed by atoms with Gasteiger partial charge in [0.05, 0.1) is 13.0 Å². The molecule has 5 nitrogen and oxygen atoms in total. The van der Waals surface area contributed by atoms with E-state index in [1.54, 1.807) is 12.0 Å². The van der Waals surface area contributed by atoms with Gasteiger partial charge in [0.15, 0.2) is 0 Å². The highest BCUT2D eigenvalue weighted by Crippen LogP contribution is 2.65. The maximum absolute atomic E-state index is 13.2. The van der Waals surface area contributed by atoms with Gasteiger partial charge in [-0.15, -0.1) is 0 Å². The van der Waals surface area contributed by atoms with Crippen molar-refractivity contribution in [2.45, 2.75) is 32.1 Å². The highest BCUT2D eigenvalue weighted by atomic mass is 16.5. The molecule has 3 aliphatic rings. The third kappa shape index (κ3) is 3.89. The summed E-state index contributed by atoms with van der Waals surface area (Å²) in [4.78, 5) is 30.1. The predicted octanol–water partition coefficient (Wildman–Crippen LogP) is 4.01. The minimum Gasteiger partial charge on any atom is -0.497 e. The van der Waals surface area contributed by atoms with Gasteiger partial charge in [-0.2, -0.15) is 0 Å². The van der Waals surface area contributed by atoms with E-state index in [1.807, 2.05) is 36.2 Å². The lowest BCUT2D eigenvalue weighted by Crippen LogP contribution is -2.39. The van der Waals surface area contributed by atoms with Crippen LogP contribution in [0.3, 0.4) is 0 Å². The first-order valence-corrected chi connectivity index (χ1v) is 11.8. The molecule has 2 aromatic rings. The summed E-state index contributed by atoms with van der Waals surface area (Å²) in [6.45, 7) is 1.79. The van der Waals surface area contributed by atoms with Crippen LogP contribution in [-0.4, -0.2) is 55.4 Å². The van der Waals surface area contributed by atoms with Crippen LogP contribution in [0.5, 0.6) is 5.75 Å². The van der Waals surface area contributed by atoms with Gasteiger partial charge >= 0.3 is 0 Å². The Hall–Kier alpha value is -2.82. The van der Waals surface area contributed by atoms with E-state index in [-0.39, 0.29) is 23.7 Å². The number of methoxy groups -OCH3 is 1. The van der Waals surface area contributed by atoms with Crippen molar-refractivity contribution in [3.63, 3.8) is 0 Å². The number of likely N-dealkylation sites (N-methyl/N-ethyl adjacent to an activating group) is 1. The Labute approximate surface area is 190 Å². The third-order valence-corrected chi connectivity index (χ3v) is 7.83. The van der Waals surface area contributed by atoms with Crippen LogP contribution >= 0.6 is 0 Å². The van der Waals surface area contributed by atoms with Crippen LogP contribution in [0.1, 0.15) is 31.2 Å². The fourth-order valence-electron chi connectivity index (χ4n) is 5.55. The molecule has 1 heterocycles. The molecule has 0 N–H and O–H groups in total. The number of hydrogen-bond donors (Lipinski definition) is 0. The second-order valence-corrected chi connectivity index (χ2v) is 9.85. The summed E-state index contributed by atoms with van der Waals surface area (Å²) >= 11 is 0. The number of carbonyl (C=O) groups excluding carboxylic acids is 2. The second kappa shape index (κ2) is 8.27. The number of hydrogen-bond acceptors (Lipinski definition) is 3. The van der Waals surface area contributed by atoms with Crippen molar-refractivity contribution in [2.75, 3.05) is 33.8 Å². The van der Waals surface area contributed by atoms with E-state index < -0.39 is 0 Å². The molecule has 2 atom stereocenters. The third-order valence-electron chi connectivity index (χ3n) is 7.83. The molecule has 1 aliphatic heterocycles. The van der Waals surface area contributed by atoms with E-state index in [0.717, 1.165) is 28.9 Å². The number of nitrogens with zero attached hydrogens (tertiary/aromatic N) is 2. The smallest absolute Gasteiger partial charge is 0.227 e. The molecule has 1 saturated heterocycles. The maximum Gasteiger partial charge on any atom is 0.227 e. The molecule has 168 valence electrons. The monoisotopic (exact) mass is 432 g/mol. The van der Waals surface area contributed by atoms with Gasteiger partial charge < -0.3 is 14.5 Å². The van der Waals surface area contributed by atoms with Crippen LogP contribution in [-0.2, 0) is 16.0 Å². The number of carbonyl (C=O) groups is 2.